The summed E-state index contributed by atoms with van der Waals surface area (Å²) in [5, 5.41) is 15.1. The highest BCUT2D eigenvalue weighted by Gasteiger charge is 2.26. The third-order valence-electron chi connectivity index (χ3n) is 8.04. The maximum Gasteiger partial charge on any atom is 0.303 e. The standard InChI is InChI=1S/C34H36N2O4/c1-24-26(12-7-13-27(24)19-21-33(38)39)18-20-31(28-8-5-6-9-28)29-16-14-25(15-17-29)22-36-32(37)23-40-34(35-36)30-10-3-2-4-11-30/h2-4,7,10-18,20,28,31H,5-6,8-9,19,21-23H2,1H3,(H,38,39)/t31-/m0/s1. The molecule has 5 rings (SSSR count). The first-order valence-electron chi connectivity index (χ1n) is 14.1. The van der Waals surface area contributed by atoms with Crippen LogP contribution >= 0.6 is 0 Å². The van der Waals surface area contributed by atoms with E-state index in [4.69, 9.17) is 9.84 Å². The average molecular weight is 537 g/mol. The second-order valence-corrected chi connectivity index (χ2v) is 10.7. The van der Waals surface area contributed by atoms with Crippen molar-refractivity contribution in [3.05, 3.63) is 112 Å². The third-order valence-corrected chi connectivity index (χ3v) is 8.04. The highest BCUT2D eigenvalue weighted by Crippen LogP contribution is 2.39. The molecular formula is C34H36N2O4. The number of aryl methyl sites for hydroxylation is 1. The first-order chi connectivity index (χ1) is 19.5. The van der Waals surface area contributed by atoms with E-state index in [1.54, 1.807) is 0 Å². The molecule has 3 aromatic rings. The lowest BCUT2D eigenvalue weighted by atomic mass is 9.83. The van der Waals surface area contributed by atoms with Gasteiger partial charge in [0.05, 0.1) is 6.54 Å². The molecule has 1 atom stereocenters. The number of ether oxygens (including phenoxy) is 1. The fourth-order valence-corrected chi connectivity index (χ4v) is 5.72. The van der Waals surface area contributed by atoms with Gasteiger partial charge in [-0.1, -0.05) is 85.7 Å². The predicted molar refractivity (Wildman–Crippen MR) is 157 cm³/mol. The Labute approximate surface area is 236 Å². The normalized spacial score (nSPS) is 16.7. The van der Waals surface area contributed by atoms with Crippen LogP contribution in [0.4, 0.5) is 0 Å². The van der Waals surface area contributed by atoms with Gasteiger partial charge in [-0.25, -0.2) is 5.01 Å². The molecule has 0 unspecified atom stereocenters. The Balaban J connectivity index is 1.33. The molecule has 0 bridgehead atoms. The fourth-order valence-electron chi connectivity index (χ4n) is 5.72. The molecule has 1 aliphatic heterocycles. The van der Waals surface area contributed by atoms with Crippen LogP contribution in [0.2, 0.25) is 0 Å². The molecule has 206 valence electrons. The Morgan fingerprint density at radius 1 is 1.05 bits per heavy atom. The minimum absolute atomic E-state index is 0.0166. The Morgan fingerprint density at radius 2 is 1.80 bits per heavy atom. The zero-order valence-corrected chi connectivity index (χ0v) is 23.0. The van der Waals surface area contributed by atoms with Crippen molar-refractivity contribution >= 4 is 23.9 Å². The summed E-state index contributed by atoms with van der Waals surface area (Å²) in [4.78, 5) is 23.6. The van der Waals surface area contributed by atoms with E-state index >= 15 is 0 Å². The van der Waals surface area contributed by atoms with Crippen molar-refractivity contribution in [2.45, 2.75) is 57.9 Å². The van der Waals surface area contributed by atoms with Crippen molar-refractivity contribution in [3.8, 4) is 0 Å². The van der Waals surface area contributed by atoms with E-state index in [1.807, 2.05) is 42.5 Å². The van der Waals surface area contributed by atoms with E-state index in [9.17, 15) is 9.59 Å². The Hall–Kier alpha value is -4.19. The molecule has 1 amide bonds. The van der Waals surface area contributed by atoms with Crippen molar-refractivity contribution in [3.63, 3.8) is 0 Å². The highest BCUT2D eigenvalue weighted by atomic mass is 16.5. The number of rotatable bonds is 10. The van der Waals surface area contributed by atoms with Crippen LogP contribution in [0, 0.1) is 12.8 Å². The average Bonchev–Trinajstić information content (AvgIpc) is 3.50. The van der Waals surface area contributed by atoms with Crippen LogP contribution in [-0.2, 0) is 27.3 Å². The van der Waals surface area contributed by atoms with E-state index < -0.39 is 5.97 Å². The van der Waals surface area contributed by atoms with E-state index in [0.717, 1.165) is 27.8 Å². The minimum atomic E-state index is -0.772. The molecule has 6 nitrogen and oxygen atoms in total. The number of hydrogen-bond acceptors (Lipinski definition) is 4. The van der Waals surface area contributed by atoms with Gasteiger partial charge >= 0.3 is 5.97 Å². The van der Waals surface area contributed by atoms with Crippen LogP contribution in [0.5, 0.6) is 0 Å². The number of aliphatic carboxylic acids is 1. The lowest BCUT2D eigenvalue weighted by Gasteiger charge is -2.24. The number of hydrazone groups is 1. The number of carbonyl (C=O) groups excluding carboxylic acids is 1. The van der Waals surface area contributed by atoms with Crippen molar-refractivity contribution in [1.82, 2.24) is 5.01 Å². The largest absolute Gasteiger partial charge is 0.481 e. The lowest BCUT2D eigenvalue weighted by molar-refractivity contribution is -0.137. The summed E-state index contributed by atoms with van der Waals surface area (Å²) in [5.41, 5.74) is 6.51. The first kappa shape index (κ1) is 27.4. The van der Waals surface area contributed by atoms with E-state index in [2.05, 4.69) is 54.5 Å². The van der Waals surface area contributed by atoms with Crippen molar-refractivity contribution in [1.29, 1.82) is 0 Å². The molecule has 1 fully saturated rings. The molecule has 1 saturated carbocycles. The Morgan fingerprint density at radius 3 is 2.52 bits per heavy atom. The molecule has 1 heterocycles. The first-order valence-corrected chi connectivity index (χ1v) is 14.1. The Kier molecular flexibility index (Phi) is 8.74. The zero-order valence-electron chi connectivity index (χ0n) is 23.0. The van der Waals surface area contributed by atoms with Crippen LogP contribution in [0.1, 0.15) is 71.4 Å². The summed E-state index contributed by atoms with van der Waals surface area (Å²) in [6.45, 7) is 2.46. The lowest BCUT2D eigenvalue weighted by Crippen LogP contribution is -2.36. The van der Waals surface area contributed by atoms with E-state index in [1.165, 1.54) is 36.3 Å². The smallest absolute Gasteiger partial charge is 0.303 e. The number of carbonyl (C=O) groups is 2. The molecular weight excluding hydrogens is 500 g/mol. The van der Waals surface area contributed by atoms with Gasteiger partial charge in [0, 0.05) is 17.9 Å². The second kappa shape index (κ2) is 12.8. The molecule has 0 aromatic heterocycles. The van der Waals surface area contributed by atoms with Crippen LogP contribution in [-0.4, -0.2) is 34.5 Å². The van der Waals surface area contributed by atoms with Gasteiger partial charge in [0.1, 0.15) is 0 Å². The van der Waals surface area contributed by atoms with E-state index in [0.29, 0.717) is 30.7 Å². The monoisotopic (exact) mass is 536 g/mol. The number of carboxylic acids is 1. The van der Waals surface area contributed by atoms with Crippen LogP contribution in [0.3, 0.4) is 0 Å². The van der Waals surface area contributed by atoms with Crippen molar-refractivity contribution in [2.24, 2.45) is 11.0 Å². The summed E-state index contributed by atoms with van der Waals surface area (Å²) >= 11 is 0. The molecule has 6 heteroatoms. The van der Waals surface area contributed by atoms with E-state index in [-0.39, 0.29) is 18.9 Å². The number of hydrogen-bond donors (Lipinski definition) is 1. The summed E-state index contributed by atoms with van der Waals surface area (Å²) in [6.07, 6.45) is 10.2. The predicted octanol–water partition coefficient (Wildman–Crippen LogP) is 6.72. The number of amides is 1. The van der Waals surface area contributed by atoms with Crippen LogP contribution in [0.25, 0.3) is 6.08 Å². The van der Waals surface area contributed by atoms with Gasteiger partial charge in [0.25, 0.3) is 5.91 Å². The maximum absolute atomic E-state index is 12.5. The number of allylic oxidation sites excluding steroid dienone is 1. The van der Waals surface area contributed by atoms with Gasteiger partial charge in [0.2, 0.25) is 5.90 Å². The molecule has 0 saturated heterocycles. The highest BCUT2D eigenvalue weighted by molar-refractivity contribution is 5.97. The Bertz CT molecular complexity index is 1390. The van der Waals surface area contributed by atoms with Gasteiger partial charge in [-0.05, 0) is 72.1 Å². The number of benzene rings is 3. The zero-order chi connectivity index (χ0) is 27.9. The number of nitrogens with zero attached hydrogens (tertiary/aromatic N) is 2. The molecule has 1 aliphatic carbocycles. The van der Waals surface area contributed by atoms with Crippen molar-refractivity contribution < 1.29 is 19.4 Å². The van der Waals surface area contributed by atoms with Gasteiger partial charge in [-0.15, -0.1) is 5.10 Å². The molecule has 0 radical (unpaired) electrons. The molecule has 40 heavy (non-hydrogen) atoms. The number of carboxylic acid groups (broad SMARTS) is 1. The van der Waals surface area contributed by atoms with Gasteiger partial charge in [0.15, 0.2) is 6.61 Å². The molecule has 3 aromatic carbocycles. The second-order valence-electron chi connectivity index (χ2n) is 10.7. The van der Waals surface area contributed by atoms with Crippen molar-refractivity contribution in [2.75, 3.05) is 6.61 Å². The SMILES string of the molecule is Cc1c(C=C[C@H](c2ccc(CN3N=C(c4ccccc4)OCC3=O)cc2)C2CCCC2)cccc1CCC(=O)O. The summed E-state index contributed by atoms with van der Waals surface area (Å²) in [7, 11) is 0. The molecule has 2 aliphatic rings. The maximum atomic E-state index is 12.5. The molecule has 0 spiro atoms. The summed E-state index contributed by atoms with van der Waals surface area (Å²) < 4.78 is 5.58. The topological polar surface area (TPSA) is 79.2 Å². The summed E-state index contributed by atoms with van der Waals surface area (Å²) in [5.74, 6) is 0.427. The van der Waals surface area contributed by atoms with Crippen LogP contribution in [0.15, 0.2) is 84.0 Å². The molecule has 1 N–H and O–H groups in total. The van der Waals surface area contributed by atoms with Crippen LogP contribution < -0.4 is 0 Å². The van der Waals surface area contributed by atoms with Gasteiger partial charge < -0.3 is 9.84 Å². The quantitative estimate of drug-likeness (QED) is 0.312. The fraction of sp³-hybridized carbons (Fsp3) is 0.324. The van der Waals surface area contributed by atoms with Gasteiger partial charge in [-0.2, -0.15) is 0 Å². The third kappa shape index (κ3) is 6.68. The minimum Gasteiger partial charge on any atom is -0.481 e. The summed E-state index contributed by atoms with van der Waals surface area (Å²) in [6, 6.07) is 24.3. The van der Waals surface area contributed by atoms with Gasteiger partial charge in [-0.3, -0.25) is 9.59 Å².